The van der Waals surface area contributed by atoms with Gasteiger partial charge in [-0.15, -0.1) is 0 Å². The van der Waals surface area contributed by atoms with Crippen molar-refractivity contribution in [3.63, 3.8) is 0 Å². The third-order valence-corrected chi connectivity index (χ3v) is 2.27. The molecule has 0 amide bonds. The van der Waals surface area contributed by atoms with Crippen molar-refractivity contribution in [3.8, 4) is 0 Å². The minimum Gasteiger partial charge on any atom is -0.462 e. The average molecular weight is 252 g/mol. The largest absolute Gasteiger partial charge is 0.462 e. The van der Waals surface area contributed by atoms with Crippen LogP contribution in [0.25, 0.3) is 0 Å². The second-order valence-electron chi connectivity index (χ2n) is 4.76. The molecule has 5 heteroatoms. The van der Waals surface area contributed by atoms with Crippen LogP contribution in [-0.4, -0.2) is 41.9 Å². The molecule has 0 atom stereocenters. The lowest BCUT2D eigenvalue weighted by atomic mass is 10.1. The molecule has 0 aliphatic carbocycles. The fourth-order valence-electron chi connectivity index (χ4n) is 1.72. The van der Waals surface area contributed by atoms with Gasteiger partial charge < -0.3 is 14.7 Å². The van der Waals surface area contributed by atoms with Gasteiger partial charge in [-0.2, -0.15) is 0 Å². The number of ether oxygens (including phenoxy) is 1. The SMILES string of the molecule is CCOC(=O)c1cccnc1N(C)CC(C)(C)O. The fourth-order valence-corrected chi connectivity index (χ4v) is 1.72. The van der Waals surface area contributed by atoms with Gasteiger partial charge in [-0.3, -0.25) is 0 Å². The van der Waals surface area contributed by atoms with Gasteiger partial charge >= 0.3 is 5.97 Å². The van der Waals surface area contributed by atoms with E-state index in [1.165, 1.54) is 0 Å². The number of carbonyl (C=O) groups is 1. The molecule has 1 aromatic rings. The van der Waals surface area contributed by atoms with E-state index in [1.807, 2.05) is 0 Å². The van der Waals surface area contributed by atoms with Crippen molar-refractivity contribution in [2.75, 3.05) is 25.1 Å². The monoisotopic (exact) mass is 252 g/mol. The maximum atomic E-state index is 11.8. The molecule has 0 spiro atoms. The Morgan fingerprint density at radius 3 is 2.78 bits per heavy atom. The number of aliphatic hydroxyl groups is 1. The van der Waals surface area contributed by atoms with Gasteiger partial charge in [0.25, 0.3) is 0 Å². The molecule has 0 aromatic carbocycles. The zero-order valence-corrected chi connectivity index (χ0v) is 11.3. The van der Waals surface area contributed by atoms with Crippen LogP contribution in [0.15, 0.2) is 18.3 Å². The van der Waals surface area contributed by atoms with E-state index in [0.717, 1.165) is 0 Å². The van der Waals surface area contributed by atoms with Gasteiger partial charge in [0.2, 0.25) is 0 Å². The average Bonchev–Trinajstić information content (AvgIpc) is 2.27. The number of anilines is 1. The second kappa shape index (κ2) is 5.82. The molecule has 0 bridgehead atoms. The molecular formula is C13H20N2O3. The summed E-state index contributed by atoms with van der Waals surface area (Å²) in [6.45, 7) is 5.86. The Bertz CT molecular complexity index is 413. The first-order valence-electron chi connectivity index (χ1n) is 5.91. The van der Waals surface area contributed by atoms with Crippen LogP contribution < -0.4 is 4.90 Å². The molecule has 0 unspecified atom stereocenters. The molecule has 0 fully saturated rings. The molecule has 1 N–H and O–H groups in total. The van der Waals surface area contributed by atoms with E-state index < -0.39 is 11.6 Å². The van der Waals surface area contributed by atoms with Crippen molar-refractivity contribution in [1.82, 2.24) is 4.98 Å². The van der Waals surface area contributed by atoms with E-state index in [9.17, 15) is 9.90 Å². The van der Waals surface area contributed by atoms with Crippen LogP contribution in [0, 0.1) is 0 Å². The quantitative estimate of drug-likeness (QED) is 0.804. The fraction of sp³-hybridized carbons (Fsp3) is 0.538. The molecule has 1 heterocycles. The van der Waals surface area contributed by atoms with Gasteiger partial charge in [0, 0.05) is 19.8 Å². The number of hydrogen-bond acceptors (Lipinski definition) is 5. The first kappa shape index (κ1) is 14.4. The number of esters is 1. The maximum absolute atomic E-state index is 11.8. The lowest BCUT2D eigenvalue weighted by Crippen LogP contribution is -2.37. The second-order valence-corrected chi connectivity index (χ2v) is 4.76. The number of aromatic nitrogens is 1. The van der Waals surface area contributed by atoms with E-state index in [0.29, 0.717) is 24.5 Å². The Balaban J connectivity index is 2.98. The summed E-state index contributed by atoms with van der Waals surface area (Å²) in [5.74, 6) is 0.112. The van der Waals surface area contributed by atoms with Crippen LogP contribution in [0.1, 0.15) is 31.1 Å². The Labute approximate surface area is 107 Å². The van der Waals surface area contributed by atoms with Crippen molar-refractivity contribution in [2.45, 2.75) is 26.4 Å². The van der Waals surface area contributed by atoms with Crippen LogP contribution in [0.5, 0.6) is 0 Å². The van der Waals surface area contributed by atoms with Gasteiger partial charge in [0.15, 0.2) is 0 Å². The first-order valence-corrected chi connectivity index (χ1v) is 5.91. The summed E-state index contributed by atoms with van der Waals surface area (Å²) in [6.07, 6.45) is 1.61. The summed E-state index contributed by atoms with van der Waals surface area (Å²) in [5.41, 5.74) is -0.454. The highest BCUT2D eigenvalue weighted by atomic mass is 16.5. The number of likely N-dealkylation sites (N-methyl/N-ethyl adjacent to an activating group) is 1. The highest BCUT2D eigenvalue weighted by Crippen LogP contribution is 2.18. The number of carbonyl (C=O) groups excluding carboxylic acids is 1. The lowest BCUT2D eigenvalue weighted by molar-refractivity contribution is 0.0525. The lowest BCUT2D eigenvalue weighted by Gasteiger charge is -2.27. The van der Waals surface area contributed by atoms with Crippen molar-refractivity contribution in [1.29, 1.82) is 0 Å². The Hall–Kier alpha value is -1.62. The summed E-state index contributed by atoms with van der Waals surface area (Å²) in [5, 5.41) is 9.80. The summed E-state index contributed by atoms with van der Waals surface area (Å²) in [6, 6.07) is 3.36. The Morgan fingerprint density at radius 2 is 2.22 bits per heavy atom. The van der Waals surface area contributed by atoms with E-state index in [-0.39, 0.29) is 0 Å². The molecule has 0 radical (unpaired) electrons. The van der Waals surface area contributed by atoms with E-state index >= 15 is 0 Å². The highest BCUT2D eigenvalue weighted by molar-refractivity contribution is 5.94. The summed E-state index contributed by atoms with van der Waals surface area (Å²) in [4.78, 5) is 17.7. The van der Waals surface area contributed by atoms with Gasteiger partial charge in [0.1, 0.15) is 11.4 Å². The van der Waals surface area contributed by atoms with E-state index in [1.54, 1.807) is 51.0 Å². The van der Waals surface area contributed by atoms with E-state index in [4.69, 9.17) is 4.74 Å². The topological polar surface area (TPSA) is 62.7 Å². The molecular weight excluding hydrogens is 232 g/mol. The third kappa shape index (κ3) is 4.00. The molecule has 18 heavy (non-hydrogen) atoms. The van der Waals surface area contributed by atoms with Crippen molar-refractivity contribution in [2.24, 2.45) is 0 Å². The number of hydrogen-bond donors (Lipinski definition) is 1. The van der Waals surface area contributed by atoms with Crippen LogP contribution in [0.2, 0.25) is 0 Å². The van der Waals surface area contributed by atoms with Gasteiger partial charge in [-0.25, -0.2) is 9.78 Å². The molecule has 5 nitrogen and oxygen atoms in total. The molecule has 100 valence electrons. The zero-order valence-electron chi connectivity index (χ0n) is 11.3. The van der Waals surface area contributed by atoms with Gasteiger partial charge in [-0.1, -0.05) is 0 Å². The Kier molecular flexibility index (Phi) is 4.67. The molecule has 1 aromatic heterocycles. The predicted octanol–water partition coefficient (Wildman–Crippen LogP) is 1.47. The van der Waals surface area contributed by atoms with Gasteiger partial charge in [0.05, 0.1) is 12.2 Å². The molecule has 0 saturated carbocycles. The minimum atomic E-state index is -0.863. The highest BCUT2D eigenvalue weighted by Gasteiger charge is 2.21. The smallest absolute Gasteiger partial charge is 0.341 e. The van der Waals surface area contributed by atoms with Crippen LogP contribution in [-0.2, 0) is 4.74 Å². The number of rotatable bonds is 5. The predicted molar refractivity (Wildman–Crippen MR) is 69.8 cm³/mol. The summed E-state index contributed by atoms with van der Waals surface area (Å²) in [7, 11) is 1.78. The molecule has 0 aliphatic rings. The number of nitrogens with zero attached hydrogens (tertiary/aromatic N) is 2. The molecule has 0 saturated heterocycles. The molecule has 0 aliphatic heterocycles. The summed E-state index contributed by atoms with van der Waals surface area (Å²) >= 11 is 0. The van der Waals surface area contributed by atoms with Gasteiger partial charge in [-0.05, 0) is 32.9 Å². The Morgan fingerprint density at radius 1 is 1.56 bits per heavy atom. The van der Waals surface area contributed by atoms with Crippen LogP contribution >= 0.6 is 0 Å². The summed E-state index contributed by atoms with van der Waals surface area (Å²) < 4.78 is 4.98. The van der Waals surface area contributed by atoms with Crippen LogP contribution in [0.4, 0.5) is 5.82 Å². The van der Waals surface area contributed by atoms with Crippen molar-refractivity contribution >= 4 is 11.8 Å². The van der Waals surface area contributed by atoms with Crippen molar-refractivity contribution < 1.29 is 14.6 Å². The minimum absolute atomic E-state index is 0.322. The number of pyridine rings is 1. The van der Waals surface area contributed by atoms with Crippen molar-refractivity contribution in [3.05, 3.63) is 23.9 Å². The normalized spacial score (nSPS) is 11.2. The third-order valence-electron chi connectivity index (χ3n) is 2.27. The standard InChI is InChI=1S/C13H20N2O3/c1-5-18-12(16)10-7-6-8-14-11(10)15(4)9-13(2,3)17/h6-8,17H,5,9H2,1-4H3. The maximum Gasteiger partial charge on any atom is 0.341 e. The first-order chi connectivity index (χ1) is 8.35. The molecule has 1 rings (SSSR count). The van der Waals surface area contributed by atoms with Crippen LogP contribution in [0.3, 0.4) is 0 Å². The zero-order chi connectivity index (χ0) is 13.8. The van der Waals surface area contributed by atoms with E-state index in [2.05, 4.69) is 4.98 Å².